The standard InChI is InChI=1S/C20H22N2O2S/c1-4-12-24-18-7-5-6-17(13-18)14-21-22-20(23)16(3)25-19-10-8-15(2)9-11-19/h4-11,13-14,16H,1,12H2,2-3H3,(H,22,23)/b21-14-/t16-/m1/s1. The predicted molar refractivity (Wildman–Crippen MR) is 104 cm³/mol. The number of hydrogen-bond donors (Lipinski definition) is 1. The van der Waals surface area contributed by atoms with Gasteiger partial charge in [0.05, 0.1) is 11.5 Å². The minimum atomic E-state index is -0.234. The molecular formula is C20H22N2O2S. The predicted octanol–water partition coefficient (Wildman–Crippen LogP) is 4.19. The van der Waals surface area contributed by atoms with Crippen molar-refractivity contribution in [2.24, 2.45) is 5.10 Å². The molecular weight excluding hydrogens is 332 g/mol. The number of benzene rings is 2. The van der Waals surface area contributed by atoms with E-state index in [1.54, 1.807) is 12.3 Å². The number of rotatable bonds is 8. The highest BCUT2D eigenvalue weighted by Crippen LogP contribution is 2.23. The Balaban J connectivity index is 1.86. The van der Waals surface area contributed by atoms with Crippen molar-refractivity contribution < 1.29 is 9.53 Å². The molecule has 2 rings (SSSR count). The van der Waals surface area contributed by atoms with Crippen molar-refractivity contribution in [2.75, 3.05) is 6.61 Å². The van der Waals surface area contributed by atoms with Gasteiger partial charge in [0, 0.05) is 4.90 Å². The topological polar surface area (TPSA) is 50.7 Å². The lowest BCUT2D eigenvalue weighted by Gasteiger charge is -2.09. The summed E-state index contributed by atoms with van der Waals surface area (Å²) in [5, 5.41) is 3.79. The fraction of sp³-hybridized carbons (Fsp3) is 0.200. The van der Waals surface area contributed by atoms with Crippen LogP contribution < -0.4 is 10.2 Å². The maximum Gasteiger partial charge on any atom is 0.253 e. The van der Waals surface area contributed by atoms with Crippen molar-refractivity contribution in [1.82, 2.24) is 5.43 Å². The van der Waals surface area contributed by atoms with Crippen molar-refractivity contribution in [1.29, 1.82) is 0 Å². The Hall–Kier alpha value is -2.53. The average Bonchev–Trinajstić information content (AvgIpc) is 2.62. The van der Waals surface area contributed by atoms with Gasteiger partial charge in [-0.3, -0.25) is 4.79 Å². The van der Waals surface area contributed by atoms with Crippen molar-refractivity contribution in [3.8, 4) is 5.75 Å². The third-order valence-electron chi connectivity index (χ3n) is 3.32. The van der Waals surface area contributed by atoms with Crippen LogP contribution in [0.3, 0.4) is 0 Å². The number of aryl methyl sites for hydroxylation is 1. The summed E-state index contributed by atoms with van der Waals surface area (Å²) in [7, 11) is 0. The van der Waals surface area contributed by atoms with Crippen molar-refractivity contribution >= 4 is 23.9 Å². The smallest absolute Gasteiger partial charge is 0.253 e. The minimum Gasteiger partial charge on any atom is -0.490 e. The van der Waals surface area contributed by atoms with Gasteiger partial charge in [-0.05, 0) is 43.7 Å². The van der Waals surface area contributed by atoms with Crippen LogP contribution >= 0.6 is 11.8 Å². The summed E-state index contributed by atoms with van der Waals surface area (Å²) in [5.74, 6) is 0.597. The monoisotopic (exact) mass is 354 g/mol. The SMILES string of the molecule is C=CCOc1cccc(/C=N\NC(=O)[C@@H](C)Sc2ccc(C)cc2)c1. The molecule has 1 amide bonds. The van der Waals surface area contributed by atoms with Gasteiger partial charge in [-0.1, -0.05) is 42.5 Å². The molecule has 0 unspecified atom stereocenters. The molecule has 25 heavy (non-hydrogen) atoms. The molecule has 0 aliphatic rings. The van der Waals surface area contributed by atoms with E-state index in [9.17, 15) is 4.79 Å². The third-order valence-corrected chi connectivity index (χ3v) is 4.43. The number of hydrazone groups is 1. The van der Waals surface area contributed by atoms with E-state index < -0.39 is 0 Å². The Kier molecular flexibility index (Phi) is 7.29. The van der Waals surface area contributed by atoms with E-state index in [4.69, 9.17) is 4.74 Å². The van der Waals surface area contributed by atoms with Crippen LogP contribution in [0.25, 0.3) is 0 Å². The number of thioether (sulfide) groups is 1. The molecule has 0 heterocycles. The number of nitrogens with zero attached hydrogens (tertiary/aromatic N) is 1. The Bertz CT molecular complexity index is 742. The molecule has 2 aromatic carbocycles. The highest BCUT2D eigenvalue weighted by atomic mass is 32.2. The van der Waals surface area contributed by atoms with E-state index in [1.165, 1.54) is 17.3 Å². The lowest BCUT2D eigenvalue weighted by Crippen LogP contribution is -2.26. The summed E-state index contributed by atoms with van der Waals surface area (Å²) in [6.45, 7) is 7.97. The van der Waals surface area contributed by atoms with E-state index in [1.807, 2.05) is 62.4 Å². The maximum absolute atomic E-state index is 12.1. The Morgan fingerprint density at radius 1 is 1.32 bits per heavy atom. The van der Waals surface area contributed by atoms with Crippen LogP contribution in [-0.2, 0) is 4.79 Å². The van der Waals surface area contributed by atoms with Crippen LogP contribution in [0, 0.1) is 6.92 Å². The molecule has 0 saturated heterocycles. The molecule has 0 fully saturated rings. The highest BCUT2D eigenvalue weighted by molar-refractivity contribution is 8.00. The van der Waals surface area contributed by atoms with Crippen molar-refractivity contribution in [2.45, 2.75) is 24.0 Å². The van der Waals surface area contributed by atoms with Crippen LogP contribution in [0.5, 0.6) is 5.75 Å². The third kappa shape index (κ3) is 6.47. The molecule has 0 aliphatic heterocycles. The molecule has 2 aromatic rings. The molecule has 0 radical (unpaired) electrons. The van der Waals surface area contributed by atoms with Crippen molar-refractivity contribution in [3.05, 3.63) is 72.3 Å². The zero-order chi connectivity index (χ0) is 18.1. The lowest BCUT2D eigenvalue weighted by atomic mass is 10.2. The van der Waals surface area contributed by atoms with Gasteiger partial charge in [-0.25, -0.2) is 5.43 Å². The number of carbonyl (C=O) groups excluding carboxylic acids is 1. The molecule has 4 nitrogen and oxygen atoms in total. The molecule has 1 N–H and O–H groups in total. The van der Waals surface area contributed by atoms with Gasteiger partial charge in [0.25, 0.3) is 5.91 Å². The first-order valence-corrected chi connectivity index (χ1v) is 8.86. The second-order valence-corrected chi connectivity index (χ2v) is 6.89. The second-order valence-electron chi connectivity index (χ2n) is 5.48. The molecule has 0 aliphatic carbocycles. The van der Waals surface area contributed by atoms with Gasteiger partial charge in [-0.2, -0.15) is 5.10 Å². The first kappa shape index (κ1) is 18.8. The molecule has 0 aromatic heterocycles. The molecule has 0 spiro atoms. The van der Waals surface area contributed by atoms with E-state index in [-0.39, 0.29) is 11.2 Å². The normalized spacial score (nSPS) is 11.9. The van der Waals surface area contributed by atoms with Gasteiger partial charge < -0.3 is 4.74 Å². The van der Waals surface area contributed by atoms with Gasteiger partial charge in [0.2, 0.25) is 0 Å². The van der Waals surface area contributed by atoms with Crippen LogP contribution in [-0.4, -0.2) is 24.0 Å². The fourth-order valence-electron chi connectivity index (χ4n) is 1.98. The maximum atomic E-state index is 12.1. The second kappa shape index (κ2) is 9.69. The fourth-order valence-corrected chi connectivity index (χ4v) is 2.84. The van der Waals surface area contributed by atoms with E-state index in [0.717, 1.165) is 16.2 Å². The largest absolute Gasteiger partial charge is 0.490 e. The van der Waals surface area contributed by atoms with Crippen molar-refractivity contribution in [3.63, 3.8) is 0 Å². The Morgan fingerprint density at radius 2 is 2.08 bits per heavy atom. The number of carbonyl (C=O) groups is 1. The number of amides is 1. The van der Waals surface area contributed by atoms with Gasteiger partial charge in [0.1, 0.15) is 12.4 Å². The summed E-state index contributed by atoms with van der Waals surface area (Å²) >= 11 is 1.50. The van der Waals surface area contributed by atoms with Crippen LogP contribution in [0.4, 0.5) is 0 Å². The zero-order valence-electron chi connectivity index (χ0n) is 14.4. The van der Waals surface area contributed by atoms with Crippen LogP contribution in [0.15, 0.2) is 71.2 Å². The quantitative estimate of drug-likeness (QED) is 0.335. The van der Waals surface area contributed by atoms with Crippen LogP contribution in [0.2, 0.25) is 0 Å². The van der Waals surface area contributed by atoms with E-state index in [2.05, 4.69) is 17.1 Å². The molecule has 0 bridgehead atoms. The number of ether oxygens (including phenoxy) is 1. The van der Waals surface area contributed by atoms with Gasteiger partial charge >= 0.3 is 0 Å². The first-order valence-electron chi connectivity index (χ1n) is 7.98. The molecule has 130 valence electrons. The summed E-state index contributed by atoms with van der Waals surface area (Å²) < 4.78 is 5.47. The summed E-state index contributed by atoms with van der Waals surface area (Å²) in [6, 6.07) is 15.6. The number of hydrogen-bond acceptors (Lipinski definition) is 4. The van der Waals surface area contributed by atoms with Gasteiger partial charge in [0.15, 0.2) is 0 Å². The minimum absolute atomic E-state index is 0.138. The lowest BCUT2D eigenvalue weighted by molar-refractivity contribution is -0.120. The average molecular weight is 354 g/mol. The summed E-state index contributed by atoms with van der Waals surface area (Å²) in [5.41, 5.74) is 4.63. The summed E-state index contributed by atoms with van der Waals surface area (Å²) in [6.07, 6.45) is 3.29. The van der Waals surface area contributed by atoms with E-state index in [0.29, 0.717) is 6.61 Å². The van der Waals surface area contributed by atoms with Gasteiger partial charge in [-0.15, -0.1) is 11.8 Å². The first-order chi connectivity index (χ1) is 12.1. The molecule has 0 saturated carbocycles. The number of nitrogens with one attached hydrogen (secondary N) is 1. The van der Waals surface area contributed by atoms with E-state index >= 15 is 0 Å². The molecule has 5 heteroatoms. The summed E-state index contributed by atoms with van der Waals surface area (Å²) in [4.78, 5) is 13.2. The molecule has 1 atom stereocenters. The Labute approximate surface area is 153 Å². The van der Waals surface area contributed by atoms with Crippen LogP contribution in [0.1, 0.15) is 18.1 Å². The Morgan fingerprint density at radius 3 is 2.80 bits per heavy atom. The zero-order valence-corrected chi connectivity index (χ0v) is 15.3. The highest BCUT2D eigenvalue weighted by Gasteiger charge is 2.13.